The highest BCUT2D eigenvalue weighted by molar-refractivity contribution is 6.27. The number of unbranched alkanes of at least 4 members (excludes halogenated alkanes) is 1. The number of carbonyl (C=O) groups excluding carboxylic acids is 1. The average Bonchev–Trinajstić information content (AvgIpc) is 2.30. The number of nitrogens with zero attached hydrogens (tertiary/aromatic N) is 1. The van der Waals surface area contributed by atoms with E-state index in [1.807, 2.05) is 4.90 Å². The molecule has 0 fully saturated rings. The molecule has 1 aliphatic carbocycles. The maximum Gasteiger partial charge on any atom is 0.241 e. The molecule has 0 atom stereocenters. The molecule has 86 valence electrons. The van der Waals surface area contributed by atoms with Gasteiger partial charge in [0.1, 0.15) is 5.88 Å². The Labute approximate surface area is 97.3 Å². The highest BCUT2D eigenvalue weighted by atomic mass is 35.5. The third-order valence-corrected chi connectivity index (χ3v) is 2.99. The van der Waals surface area contributed by atoms with Crippen LogP contribution >= 0.6 is 11.6 Å². The van der Waals surface area contributed by atoms with Gasteiger partial charge in [0.25, 0.3) is 0 Å². The van der Waals surface area contributed by atoms with Crippen molar-refractivity contribution in [3.63, 3.8) is 0 Å². The average molecular weight is 230 g/mol. The molecule has 0 N–H and O–H groups in total. The summed E-state index contributed by atoms with van der Waals surface area (Å²) >= 11 is 5.63. The molecule has 0 spiro atoms. The molecule has 3 heteroatoms. The first kappa shape index (κ1) is 12.6. The minimum atomic E-state index is 0.0540. The summed E-state index contributed by atoms with van der Waals surface area (Å²) in [4.78, 5) is 13.6. The van der Waals surface area contributed by atoms with Crippen LogP contribution in [0.15, 0.2) is 11.8 Å². The van der Waals surface area contributed by atoms with E-state index in [1.54, 1.807) is 0 Å². The van der Waals surface area contributed by atoms with E-state index < -0.39 is 0 Å². The van der Waals surface area contributed by atoms with Crippen LogP contribution in [0.2, 0.25) is 0 Å². The van der Waals surface area contributed by atoms with Gasteiger partial charge in [0.2, 0.25) is 5.91 Å². The molecule has 1 aliphatic rings. The zero-order valence-electron chi connectivity index (χ0n) is 9.47. The number of halogens is 1. The van der Waals surface area contributed by atoms with Gasteiger partial charge in [0.15, 0.2) is 0 Å². The fourth-order valence-corrected chi connectivity index (χ4v) is 2.03. The standard InChI is InChI=1S/C12H20ClNO/c1-2-3-9-14(12(15)10-13)11-7-5-4-6-8-11/h7H,2-6,8-10H2,1H3. The topological polar surface area (TPSA) is 20.3 Å². The Morgan fingerprint density at radius 2 is 2.33 bits per heavy atom. The fraction of sp³-hybridized carbons (Fsp3) is 0.750. The number of carbonyl (C=O) groups is 1. The van der Waals surface area contributed by atoms with Gasteiger partial charge in [-0.05, 0) is 32.1 Å². The van der Waals surface area contributed by atoms with Crippen molar-refractivity contribution in [2.45, 2.75) is 45.4 Å². The molecule has 1 rings (SSSR count). The first-order chi connectivity index (χ1) is 7.29. The van der Waals surface area contributed by atoms with Gasteiger partial charge in [-0.15, -0.1) is 11.6 Å². The molecule has 0 aromatic heterocycles. The Morgan fingerprint density at radius 1 is 1.53 bits per heavy atom. The van der Waals surface area contributed by atoms with Crippen LogP contribution in [0, 0.1) is 0 Å². The summed E-state index contributed by atoms with van der Waals surface area (Å²) in [6.07, 6.45) is 8.95. The highest BCUT2D eigenvalue weighted by Gasteiger charge is 2.17. The molecule has 0 bridgehead atoms. The number of rotatable bonds is 5. The minimum Gasteiger partial charge on any atom is -0.316 e. The van der Waals surface area contributed by atoms with Crippen LogP contribution in [-0.4, -0.2) is 23.2 Å². The molecule has 2 nitrogen and oxygen atoms in total. The summed E-state index contributed by atoms with van der Waals surface area (Å²) in [6.45, 7) is 2.96. The number of hydrogen-bond acceptors (Lipinski definition) is 1. The monoisotopic (exact) mass is 229 g/mol. The quantitative estimate of drug-likeness (QED) is 0.663. The predicted octanol–water partition coefficient (Wildman–Crippen LogP) is 3.31. The molecule has 0 saturated carbocycles. The second kappa shape index (κ2) is 6.89. The normalized spacial score (nSPS) is 16.0. The molecule has 0 heterocycles. The van der Waals surface area contributed by atoms with E-state index in [-0.39, 0.29) is 11.8 Å². The van der Waals surface area contributed by atoms with Gasteiger partial charge < -0.3 is 4.90 Å². The third kappa shape index (κ3) is 3.86. The molecule has 1 amide bonds. The lowest BCUT2D eigenvalue weighted by atomic mass is 10.0. The van der Waals surface area contributed by atoms with E-state index in [2.05, 4.69) is 13.0 Å². The summed E-state index contributed by atoms with van der Waals surface area (Å²) in [6, 6.07) is 0. The number of hydrogen-bond donors (Lipinski definition) is 0. The number of allylic oxidation sites excluding steroid dienone is 2. The molecule has 0 saturated heterocycles. The van der Waals surface area contributed by atoms with E-state index in [0.717, 1.165) is 32.2 Å². The predicted molar refractivity (Wildman–Crippen MR) is 63.9 cm³/mol. The summed E-state index contributed by atoms with van der Waals surface area (Å²) in [7, 11) is 0. The molecule has 15 heavy (non-hydrogen) atoms. The van der Waals surface area contributed by atoms with Crippen molar-refractivity contribution >= 4 is 17.5 Å². The first-order valence-electron chi connectivity index (χ1n) is 5.85. The smallest absolute Gasteiger partial charge is 0.241 e. The molecule has 0 unspecified atom stereocenters. The first-order valence-corrected chi connectivity index (χ1v) is 6.38. The maximum atomic E-state index is 11.7. The Balaban J connectivity index is 2.61. The Morgan fingerprint density at radius 3 is 2.87 bits per heavy atom. The number of amides is 1. The SMILES string of the molecule is CCCCN(C(=O)CCl)C1=CCCCC1. The van der Waals surface area contributed by atoms with Crippen LogP contribution in [0.3, 0.4) is 0 Å². The zero-order valence-corrected chi connectivity index (χ0v) is 10.2. The minimum absolute atomic E-state index is 0.0540. The van der Waals surface area contributed by atoms with Gasteiger partial charge >= 0.3 is 0 Å². The van der Waals surface area contributed by atoms with Crippen LogP contribution in [0.25, 0.3) is 0 Å². The van der Waals surface area contributed by atoms with Crippen LogP contribution in [0.4, 0.5) is 0 Å². The second-order valence-electron chi connectivity index (χ2n) is 3.97. The van der Waals surface area contributed by atoms with Crippen LogP contribution in [0.5, 0.6) is 0 Å². The summed E-state index contributed by atoms with van der Waals surface area (Å²) < 4.78 is 0. The Kier molecular flexibility index (Phi) is 5.77. The molecule has 0 radical (unpaired) electrons. The molecule has 0 aromatic rings. The largest absolute Gasteiger partial charge is 0.316 e. The Hall–Kier alpha value is -0.500. The van der Waals surface area contributed by atoms with E-state index in [4.69, 9.17) is 11.6 Å². The zero-order chi connectivity index (χ0) is 11.1. The van der Waals surface area contributed by atoms with E-state index in [0.29, 0.717) is 0 Å². The summed E-state index contributed by atoms with van der Waals surface area (Å²) in [5, 5.41) is 0. The van der Waals surface area contributed by atoms with E-state index in [1.165, 1.54) is 18.5 Å². The lowest BCUT2D eigenvalue weighted by molar-refractivity contribution is -0.126. The fourth-order valence-electron chi connectivity index (χ4n) is 1.88. The van der Waals surface area contributed by atoms with Gasteiger partial charge in [-0.25, -0.2) is 0 Å². The van der Waals surface area contributed by atoms with E-state index >= 15 is 0 Å². The van der Waals surface area contributed by atoms with E-state index in [9.17, 15) is 4.79 Å². The van der Waals surface area contributed by atoms with Gasteiger partial charge in [-0.1, -0.05) is 19.4 Å². The van der Waals surface area contributed by atoms with Crippen molar-refractivity contribution in [1.29, 1.82) is 0 Å². The molecular weight excluding hydrogens is 210 g/mol. The van der Waals surface area contributed by atoms with Crippen molar-refractivity contribution in [2.75, 3.05) is 12.4 Å². The molecule has 0 aromatic carbocycles. The number of alkyl halides is 1. The lowest BCUT2D eigenvalue weighted by Gasteiger charge is -2.27. The second-order valence-corrected chi connectivity index (χ2v) is 4.24. The summed E-state index contributed by atoms with van der Waals surface area (Å²) in [5.41, 5.74) is 1.19. The van der Waals surface area contributed by atoms with Crippen molar-refractivity contribution in [3.05, 3.63) is 11.8 Å². The van der Waals surface area contributed by atoms with Crippen molar-refractivity contribution in [1.82, 2.24) is 4.90 Å². The molecule has 0 aliphatic heterocycles. The third-order valence-electron chi connectivity index (χ3n) is 2.76. The highest BCUT2D eigenvalue weighted by Crippen LogP contribution is 2.21. The molecular formula is C12H20ClNO. The van der Waals surface area contributed by atoms with Crippen LogP contribution in [-0.2, 0) is 4.79 Å². The van der Waals surface area contributed by atoms with Crippen molar-refractivity contribution < 1.29 is 4.79 Å². The van der Waals surface area contributed by atoms with Gasteiger partial charge in [-0.3, -0.25) is 4.79 Å². The summed E-state index contributed by atoms with van der Waals surface area (Å²) in [5.74, 6) is 0.152. The maximum absolute atomic E-state index is 11.7. The Bertz CT molecular complexity index is 238. The van der Waals surface area contributed by atoms with Crippen molar-refractivity contribution in [3.8, 4) is 0 Å². The van der Waals surface area contributed by atoms with Gasteiger partial charge in [-0.2, -0.15) is 0 Å². The van der Waals surface area contributed by atoms with Crippen LogP contribution in [0.1, 0.15) is 45.4 Å². The van der Waals surface area contributed by atoms with Crippen molar-refractivity contribution in [2.24, 2.45) is 0 Å². The van der Waals surface area contributed by atoms with Crippen LogP contribution < -0.4 is 0 Å². The lowest BCUT2D eigenvalue weighted by Crippen LogP contribution is -2.32. The van der Waals surface area contributed by atoms with Gasteiger partial charge in [0.05, 0.1) is 0 Å². The van der Waals surface area contributed by atoms with Gasteiger partial charge in [0, 0.05) is 12.2 Å².